The van der Waals surface area contributed by atoms with Crippen LogP contribution in [-0.4, -0.2) is 60.7 Å². The van der Waals surface area contributed by atoms with Gasteiger partial charge in [0.2, 0.25) is 0 Å². The van der Waals surface area contributed by atoms with Crippen LogP contribution in [0.25, 0.3) is 0 Å². The number of ether oxygens (including phenoxy) is 2. The lowest BCUT2D eigenvalue weighted by Crippen LogP contribution is -2.50. The third-order valence-electron chi connectivity index (χ3n) is 7.48. The molecule has 1 saturated carbocycles. The van der Waals surface area contributed by atoms with Crippen molar-refractivity contribution in [2.45, 2.75) is 45.1 Å². The number of hydrogen-bond acceptors (Lipinski definition) is 4. The van der Waals surface area contributed by atoms with Crippen molar-refractivity contribution in [3.8, 4) is 5.75 Å². The van der Waals surface area contributed by atoms with Gasteiger partial charge in [-0.15, -0.1) is 0 Å². The van der Waals surface area contributed by atoms with Crippen LogP contribution < -0.4 is 4.74 Å². The predicted molar refractivity (Wildman–Crippen MR) is 117 cm³/mol. The number of allylic oxidation sites excluding steroid dienone is 2. The van der Waals surface area contributed by atoms with Crippen LogP contribution in [0.15, 0.2) is 30.4 Å². The van der Waals surface area contributed by atoms with Crippen molar-refractivity contribution in [1.29, 1.82) is 0 Å². The van der Waals surface area contributed by atoms with Gasteiger partial charge in [-0.25, -0.2) is 4.79 Å². The Bertz CT molecular complexity index is 874. The van der Waals surface area contributed by atoms with E-state index in [1.807, 2.05) is 25.1 Å². The highest BCUT2D eigenvalue weighted by atomic mass is 16.6. The maximum atomic E-state index is 13.7. The molecule has 6 heteroatoms. The van der Waals surface area contributed by atoms with Crippen molar-refractivity contribution >= 4 is 12.0 Å². The molecule has 2 aliphatic heterocycles. The Morgan fingerprint density at radius 2 is 2.03 bits per heavy atom. The number of amides is 2. The minimum Gasteiger partial charge on any atom is -0.493 e. The highest BCUT2D eigenvalue weighted by Gasteiger charge is 2.39. The van der Waals surface area contributed by atoms with E-state index < -0.39 is 0 Å². The number of piperidine rings is 1. The summed E-state index contributed by atoms with van der Waals surface area (Å²) in [6.07, 6.45) is 9.37. The van der Waals surface area contributed by atoms with Crippen LogP contribution in [0.5, 0.6) is 5.75 Å². The van der Waals surface area contributed by atoms with Crippen LogP contribution in [0.4, 0.5) is 4.79 Å². The van der Waals surface area contributed by atoms with E-state index in [0.717, 1.165) is 42.7 Å². The SMILES string of the molecule is CCOC(=O)N1CCC(N(C[C@@H]2C[C@H]3C=C[C@H]2C3)C(=O)c2ccc3c(c2)CCO3)CC1. The van der Waals surface area contributed by atoms with Gasteiger partial charge < -0.3 is 19.3 Å². The van der Waals surface area contributed by atoms with E-state index >= 15 is 0 Å². The van der Waals surface area contributed by atoms with Crippen molar-refractivity contribution in [2.75, 3.05) is 32.8 Å². The minimum absolute atomic E-state index is 0.121. The molecule has 2 fully saturated rings. The van der Waals surface area contributed by atoms with E-state index in [1.165, 1.54) is 12.8 Å². The normalized spacial score (nSPS) is 26.6. The number of hydrogen-bond donors (Lipinski definition) is 0. The number of rotatable bonds is 5. The number of carbonyl (C=O) groups is 2. The van der Waals surface area contributed by atoms with Crippen molar-refractivity contribution in [3.63, 3.8) is 0 Å². The van der Waals surface area contributed by atoms with Crippen molar-refractivity contribution in [1.82, 2.24) is 9.80 Å². The maximum Gasteiger partial charge on any atom is 0.409 e. The first-order chi connectivity index (χ1) is 15.1. The predicted octanol–water partition coefficient (Wildman–Crippen LogP) is 3.90. The molecule has 2 bridgehead atoms. The van der Waals surface area contributed by atoms with Gasteiger partial charge in [-0.05, 0) is 74.1 Å². The van der Waals surface area contributed by atoms with E-state index in [9.17, 15) is 9.59 Å². The fourth-order valence-electron chi connectivity index (χ4n) is 5.82. The van der Waals surface area contributed by atoms with Gasteiger partial charge in [0, 0.05) is 37.7 Å². The number of carbonyl (C=O) groups excluding carboxylic acids is 2. The van der Waals surface area contributed by atoms with E-state index in [4.69, 9.17) is 9.47 Å². The van der Waals surface area contributed by atoms with Gasteiger partial charge in [0.15, 0.2) is 0 Å². The molecule has 1 aromatic carbocycles. The van der Waals surface area contributed by atoms with Gasteiger partial charge in [0.05, 0.1) is 13.2 Å². The lowest BCUT2D eigenvalue weighted by atomic mass is 9.91. The fourth-order valence-corrected chi connectivity index (χ4v) is 5.82. The Hall–Kier alpha value is -2.50. The van der Waals surface area contributed by atoms with Crippen LogP contribution in [0.3, 0.4) is 0 Å². The van der Waals surface area contributed by atoms with Gasteiger partial charge in [-0.3, -0.25) is 4.79 Å². The molecule has 2 amide bonds. The van der Waals surface area contributed by atoms with Gasteiger partial charge in [-0.2, -0.15) is 0 Å². The topological polar surface area (TPSA) is 59.1 Å². The first kappa shape index (κ1) is 20.4. The zero-order valence-electron chi connectivity index (χ0n) is 18.3. The Kier molecular flexibility index (Phi) is 5.63. The first-order valence-electron chi connectivity index (χ1n) is 11.8. The highest BCUT2D eigenvalue weighted by Crippen LogP contribution is 2.44. The highest BCUT2D eigenvalue weighted by molar-refractivity contribution is 5.95. The van der Waals surface area contributed by atoms with E-state index in [0.29, 0.717) is 44.1 Å². The summed E-state index contributed by atoms with van der Waals surface area (Å²) in [6, 6.07) is 6.03. The molecule has 0 radical (unpaired) electrons. The van der Waals surface area contributed by atoms with Crippen molar-refractivity contribution < 1.29 is 19.1 Å². The summed E-state index contributed by atoms with van der Waals surface area (Å²) in [7, 11) is 0. The average molecular weight is 425 g/mol. The molecule has 1 saturated heterocycles. The lowest BCUT2D eigenvalue weighted by Gasteiger charge is -2.40. The zero-order valence-corrected chi connectivity index (χ0v) is 18.3. The quantitative estimate of drug-likeness (QED) is 0.673. The molecule has 0 aromatic heterocycles. The summed E-state index contributed by atoms with van der Waals surface area (Å²) in [6.45, 7) is 5.01. The molecule has 4 aliphatic rings. The summed E-state index contributed by atoms with van der Waals surface area (Å²) in [5.74, 6) is 2.86. The fraction of sp³-hybridized carbons (Fsp3) is 0.600. The molecule has 5 rings (SSSR count). The van der Waals surface area contributed by atoms with Gasteiger partial charge in [-0.1, -0.05) is 12.2 Å². The molecule has 1 aromatic rings. The van der Waals surface area contributed by atoms with Crippen molar-refractivity contribution in [2.24, 2.45) is 17.8 Å². The van der Waals surface area contributed by atoms with Crippen LogP contribution in [0, 0.1) is 17.8 Å². The molecule has 0 unspecified atom stereocenters. The van der Waals surface area contributed by atoms with Crippen molar-refractivity contribution in [3.05, 3.63) is 41.5 Å². The molecular weight excluding hydrogens is 392 g/mol. The Morgan fingerprint density at radius 1 is 1.19 bits per heavy atom. The second-order valence-corrected chi connectivity index (χ2v) is 9.34. The number of nitrogens with zero attached hydrogens (tertiary/aromatic N) is 2. The standard InChI is InChI=1S/C25H32N2O4/c1-2-30-25(29)26-10-7-22(8-11-26)27(16-21-14-17-3-4-18(21)13-17)24(28)20-5-6-23-19(15-20)9-12-31-23/h3-6,15,17-18,21-22H,2,7-14,16H2,1H3/t17-,18-,21-/m0/s1. The average Bonchev–Trinajstić information content (AvgIpc) is 3.54. The number of fused-ring (bicyclic) bond motifs is 3. The second-order valence-electron chi connectivity index (χ2n) is 9.34. The Labute approximate surface area is 184 Å². The van der Waals surface area contributed by atoms with Gasteiger partial charge >= 0.3 is 6.09 Å². The second kappa shape index (κ2) is 8.56. The Morgan fingerprint density at radius 3 is 2.74 bits per heavy atom. The molecule has 0 N–H and O–H groups in total. The largest absolute Gasteiger partial charge is 0.493 e. The van der Waals surface area contributed by atoms with Crippen LogP contribution in [0.1, 0.15) is 48.5 Å². The smallest absolute Gasteiger partial charge is 0.409 e. The molecule has 0 spiro atoms. The molecular formula is C25H32N2O4. The summed E-state index contributed by atoms with van der Waals surface area (Å²) < 4.78 is 10.8. The third kappa shape index (κ3) is 4.04. The molecule has 166 valence electrons. The molecule has 2 aliphatic carbocycles. The molecule has 3 atom stereocenters. The Balaban J connectivity index is 1.33. The lowest BCUT2D eigenvalue weighted by molar-refractivity contribution is 0.0482. The molecule has 2 heterocycles. The van der Waals surface area contributed by atoms with Crippen LogP contribution in [-0.2, 0) is 11.2 Å². The number of benzene rings is 1. The first-order valence-corrected chi connectivity index (χ1v) is 11.8. The monoisotopic (exact) mass is 424 g/mol. The third-order valence-corrected chi connectivity index (χ3v) is 7.48. The molecule has 31 heavy (non-hydrogen) atoms. The summed E-state index contributed by atoms with van der Waals surface area (Å²) >= 11 is 0. The summed E-state index contributed by atoms with van der Waals surface area (Å²) in [5, 5.41) is 0. The van der Waals surface area contributed by atoms with Gasteiger partial charge in [0.1, 0.15) is 5.75 Å². The van der Waals surface area contributed by atoms with Crippen LogP contribution >= 0.6 is 0 Å². The zero-order chi connectivity index (χ0) is 21.4. The maximum absolute atomic E-state index is 13.7. The molecule has 6 nitrogen and oxygen atoms in total. The number of likely N-dealkylation sites (tertiary alicyclic amines) is 1. The van der Waals surface area contributed by atoms with Crippen LogP contribution in [0.2, 0.25) is 0 Å². The van der Waals surface area contributed by atoms with E-state index in [1.54, 1.807) is 4.90 Å². The van der Waals surface area contributed by atoms with Gasteiger partial charge in [0.25, 0.3) is 5.91 Å². The van der Waals surface area contributed by atoms with E-state index in [2.05, 4.69) is 17.1 Å². The minimum atomic E-state index is -0.240. The summed E-state index contributed by atoms with van der Waals surface area (Å²) in [5.41, 5.74) is 1.89. The van der Waals surface area contributed by atoms with E-state index in [-0.39, 0.29) is 18.0 Å². The summed E-state index contributed by atoms with van der Waals surface area (Å²) in [4.78, 5) is 29.7.